The zero-order valence-electron chi connectivity index (χ0n) is 16.1. The Bertz CT molecular complexity index is 287. The van der Waals surface area contributed by atoms with E-state index in [4.69, 9.17) is 5.73 Å². The van der Waals surface area contributed by atoms with Crippen LogP contribution in [0.3, 0.4) is 0 Å². The van der Waals surface area contributed by atoms with Crippen molar-refractivity contribution in [1.29, 1.82) is 0 Å². The molecule has 0 spiro atoms. The maximum atomic E-state index is 11.1. The summed E-state index contributed by atoms with van der Waals surface area (Å²) in [7, 11) is 0. The molecule has 0 aromatic heterocycles. The highest BCUT2D eigenvalue weighted by molar-refractivity contribution is 5.76. The van der Waals surface area contributed by atoms with Crippen LogP contribution in [0.2, 0.25) is 0 Å². The summed E-state index contributed by atoms with van der Waals surface area (Å²) >= 11 is 0. The predicted molar refractivity (Wildman–Crippen MR) is 99.2 cm³/mol. The van der Waals surface area contributed by atoms with Gasteiger partial charge in [0.25, 0.3) is 0 Å². The number of nitrogens with one attached hydrogen (secondary N) is 1. The summed E-state index contributed by atoms with van der Waals surface area (Å²) in [5.41, 5.74) is 5.17. The third-order valence-electron chi connectivity index (χ3n) is 3.91. The van der Waals surface area contributed by atoms with E-state index >= 15 is 0 Å². The summed E-state index contributed by atoms with van der Waals surface area (Å²) in [6.45, 7) is 10.4. The second-order valence-corrected chi connectivity index (χ2v) is 6.23. The standard InChI is InChI=1S/C11H23NO.C8H17NO/c1-4-7-9-10(8-5-2)12-11(13)6-3;1-3-5-7(6-4-2)8(9)10/h10H,4-9H2,1-3H3,(H,12,13);7H,3-6H2,1-2H3,(H2,9,10). The van der Waals surface area contributed by atoms with Gasteiger partial charge in [-0.1, -0.05) is 66.7 Å². The number of rotatable bonds is 12. The van der Waals surface area contributed by atoms with Gasteiger partial charge in [0, 0.05) is 18.4 Å². The molecule has 0 heterocycles. The highest BCUT2D eigenvalue weighted by Gasteiger charge is 2.11. The molecule has 2 amide bonds. The Balaban J connectivity index is 0. The summed E-state index contributed by atoms with van der Waals surface area (Å²) in [6, 6.07) is 0.414. The van der Waals surface area contributed by atoms with Crippen LogP contribution >= 0.6 is 0 Å². The number of carbonyl (C=O) groups excluding carboxylic acids is 2. The van der Waals surface area contributed by atoms with Crippen molar-refractivity contribution in [1.82, 2.24) is 5.32 Å². The van der Waals surface area contributed by atoms with Crippen LogP contribution in [0.25, 0.3) is 0 Å². The number of nitrogens with two attached hydrogens (primary N) is 1. The molecule has 1 unspecified atom stereocenters. The summed E-state index contributed by atoms with van der Waals surface area (Å²) in [5.74, 6) is 0.174. The Morgan fingerprint density at radius 1 is 0.826 bits per heavy atom. The number of carbonyl (C=O) groups is 2. The molecule has 4 nitrogen and oxygen atoms in total. The van der Waals surface area contributed by atoms with Gasteiger partial charge in [0.2, 0.25) is 11.8 Å². The van der Waals surface area contributed by atoms with Crippen molar-refractivity contribution in [3.05, 3.63) is 0 Å². The number of unbranched alkanes of at least 4 members (excludes halogenated alkanes) is 1. The number of amides is 2. The lowest BCUT2D eigenvalue weighted by Crippen LogP contribution is -2.34. The lowest BCUT2D eigenvalue weighted by molar-refractivity contribution is -0.122. The van der Waals surface area contributed by atoms with Gasteiger partial charge in [-0.3, -0.25) is 9.59 Å². The van der Waals surface area contributed by atoms with Gasteiger partial charge >= 0.3 is 0 Å². The SMILES string of the molecule is CCCC(CCC)C(N)=O.CCCCC(CCC)NC(=O)CC. The quantitative estimate of drug-likeness (QED) is 0.551. The van der Waals surface area contributed by atoms with Crippen LogP contribution < -0.4 is 11.1 Å². The summed E-state index contributed by atoms with van der Waals surface area (Å²) in [5, 5.41) is 3.06. The van der Waals surface area contributed by atoms with E-state index in [1.54, 1.807) is 0 Å². The molecule has 0 saturated carbocycles. The van der Waals surface area contributed by atoms with Crippen LogP contribution in [0.4, 0.5) is 0 Å². The first-order valence-electron chi connectivity index (χ1n) is 9.55. The molecule has 4 heteroatoms. The topological polar surface area (TPSA) is 72.2 Å². The van der Waals surface area contributed by atoms with Crippen LogP contribution in [0.1, 0.15) is 98.8 Å². The molecule has 3 N–H and O–H groups in total. The monoisotopic (exact) mass is 328 g/mol. The minimum atomic E-state index is -0.135. The molecular formula is C19H40N2O2. The second-order valence-electron chi connectivity index (χ2n) is 6.23. The Hall–Kier alpha value is -1.06. The predicted octanol–water partition coefficient (Wildman–Crippen LogP) is 4.56. The fourth-order valence-electron chi connectivity index (χ4n) is 2.54. The average Bonchev–Trinajstić information content (AvgIpc) is 2.53. The molecule has 138 valence electrons. The molecule has 0 saturated heterocycles. The van der Waals surface area contributed by atoms with E-state index in [1.165, 1.54) is 12.8 Å². The molecular weight excluding hydrogens is 288 g/mol. The summed E-state index contributed by atoms with van der Waals surface area (Å²) in [6.07, 6.45) is 10.4. The van der Waals surface area contributed by atoms with E-state index < -0.39 is 0 Å². The maximum Gasteiger partial charge on any atom is 0.220 e. The van der Waals surface area contributed by atoms with Crippen LogP contribution in [0, 0.1) is 5.92 Å². The van der Waals surface area contributed by atoms with Gasteiger partial charge < -0.3 is 11.1 Å². The molecule has 23 heavy (non-hydrogen) atoms. The van der Waals surface area contributed by atoms with E-state index in [-0.39, 0.29) is 17.7 Å². The molecule has 0 rings (SSSR count). The molecule has 0 aromatic rings. The van der Waals surface area contributed by atoms with Gasteiger partial charge in [0.15, 0.2) is 0 Å². The molecule has 0 aliphatic heterocycles. The van der Waals surface area contributed by atoms with Crippen molar-refractivity contribution in [3.8, 4) is 0 Å². The van der Waals surface area contributed by atoms with Crippen molar-refractivity contribution in [2.45, 2.75) is 105 Å². The van der Waals surface area contributed by atoms with Gasteiger partial charge in [-0.05, 0) is 25.7 Å². The molecule has 0 aliphatic carbocycles. The number of hydrogen-bond acceptors (Lipinski definition) is 2. The Morgan fingerprint density at radius 3 is 1.70 bits per heavy atom. The Kier molecular flexibility index (Phi) is 18.2. The zero-order valence-corrected chi connectivity index (χ0v) is 16.1. The molecule has 0 fully saturated rings. The van der Waals surface area contributed by atoms with Crippen LogP contribution in [-0.2, 0) is 9.59 Å². The maximum absolute atomic E-state index is 11.1. The van der Waals surface area contributed by atoms with E-state index in [0.717, 1.165) is 44.9 Å². The second kappa shape index (κ2) is 17.3. The van der Waals surface area contributed by atoms with Gasteiger partial charge in [0.05, 0.1) is 0 Å². The minimum absolute atomic E-state index is 0.120. The van der Waals surface area contributed by atoms with Gasteiger partial charge in [0.1, 0.15) is 0 Å². The third kappa shape index (κ3) is 15.6. The largest absolute Gasteiger partial charge is 0.369 e. The van der Waals surface area contributed by atoms with E-state index in [2.05, 4.69) is 33.0 Å². The average molecular weight is 329 g/mol. The fourth-order valence-corrected chi connectivity index (χ4v) is 2.54. The molecule has 0 radical (unpaired) electrons. The lowest BCUT2D eigenvalue weighted by atomic mass is 9.98. The van der Waals surface area contributed by atoms with Gasteiger partial charge in [-0.15, -0.1) is 0 Å². The van der Waals surface area contributed by atoms with E-state index in [1.807, 2.05) is 6.92 Å². The fraction of sp³-hybridized carbons (Fsp3) is 0.895. The molecule has 0 bridgehead atoms. The highest BCUT2D eigenvalue weighted by atomic mass is 16.2. The summed E-state index contributed by atoms with van der Waals surface area (Å²) < 4.78 is 0. The highest BCUT2D eigenvalue weighted by Crippen LogP contribution is 2.11. The van der Waals surface area contributed by atoms with Crippen molar-refractivity contribution < 1.29 is 9.59 Å². The van der Waals surface area contributed by atoms with Crippen molar-refractivity contribution in [3.63, 3.8) is 0 Å². The number of primary amides is 1. The smallest absolute Gasteiger partial charge is 0.220 e. The van der Waals surface area contributed by atoms with Crippen LogP contribution in [0.5, 0.6) is 0 Å². The zero-order chi connectivity index (χ0) is 18.1. The van der Waals surface area contributed by atoms with Crippen molar-refractivity contribution >= 4 is 11.8 Å². The first-order chi connectivity index (χ1) is 11.0. The molecule has 1 atom stereocenters. The first kappa shape index (κ1) is 24.2. The normalized spacial score (nSPS) is 11.6. The third-order valence-corrected chi connectivity index (χ3v) is 3.91. The van der Waals surface area contributed by atoms with Gasteiger partial charge in [-0.2, -0.15) is 0 Å². The molecule has 0 aromatic carbocycles. The first-order valence-corrected chi connectivity index (χ1v) is 9.55. The Morgan fingerprint density at radius 2 is 1.35 bits per heavy atom. The van der Waals surface area contributed by atoms with Crippen molar-refractivity contribution in [2.24, 2.45) is 11.7 Å². The Labute approximate surface area is 144 Å². The summed E-state index contributed by atoms with van der Waals surface area (Å²) in [4.78, 5) is 21.9. The van der Waals surface area contributed by atoms with E-state index in [0.29, 0.717) is 12.5 Å². The van der Waals surface area contributed by atoms with Crippen molar-refractivity contribution in [2.75, 3.05) is 0 Å². The lowest BCUT2D eigenvalue weighted by Gasteiger charge is -2.17. The molecule has 0 aliphatic rings. The van der Waals surface area contributed by atoms with Crippen LogP contribution in [-0.4, -0.2) is 17.9 Å². The number of hydrogen-bond donors (Lipinski definition) is 2. The van der Waals surface area contributed by atoms with E-state index in [9.17, 15) is 9.59 Å². The van der Waals surface area contributed by atoms with Crippen LogP contribution in [0.15, 0.2) is 0 Å². The van der Waals surface area contributed by atoms with Gasteiger partial charge in [-0.25, -0.2) is 0 Å². The minimum Gasteiger partial charge on any atom is -0.369 e.